The maximum absolute atomic E-state index is 12.3. The van der Waals surface area contributed by atoms with Crippen molar-refractivity contribution in [2.75, 3.05) is 0 Å². The van der Waals surface area contributed by atoms with Crippen LogP contribution >= 0.6 is 0 Å². The van der Waals surface area contributed by atoms with Gasteiger partial charge in [-0.3, -0.25) is 4.79 Å². The molecule has 0 radical (unpaired) electrons. The number of aliphatic carboxylic acids is 1. The molecule has 188 valence electrons. The van der Waals surface area contributed by atoms with Crippen LogP contribution in [-0.4, -0.2) is 21.3 Å². The average Bonchev–Trinajstić information content (AvgIpc) is 2.80. The third kappa shape index (κ3) is 2.83. The molecule has 3 N–H and O–H groups in total. The molecule has 0 saturated heterocycles. The van der Waals surface area contributed by atoms with Crippen molar-refractivity contribution >= 4 is 5.97 Å². The minimum Gasteiger partial charge on any atom is -0.504 e. The average molecular weight is 478 g/mol. The van der Waals surface area contributed by atoms with E-state index in [1.807, 2.05) is 6.92 Å². The first-order valence-electron chi connectivity index (χ1n) is 13.1. The van der Waals surface area contributed by atoms with Gasteiger partial charge in [-0.15, -0.1) is 0 Å². The number of hydrogen-bond donors (Lipinski definition) is 3. The SMILES string of the molecule is Cc1c(O)c(O)cc2c1C(C#N)C=C1C2(C)CCC2(C)C3CC(C)(C(=O)O)CCC3(C)CCC12C. The summed E-state index contributed by atoms with van der Waals surface area (Å²) in [6, 6.07) is 4.16. The Morgan fingerprint density at radius 3 is 2.31 bits per heavy atom. The Bertz CT molecular complexity index is 1210. The summed E-state index contributed by atoms with van der Waals surface area (Å²) in [5.41, 5.74) is 2.46. The van der Waals surface area contributed by atoms with Crippen LogP contribution in [0.15, 0.2) is 17.7 Å². The van der Waals surface area contributed by atoms with E-state index in [0.29, 0.717) is 12.0 Å². The van der Waals surface area contributed by atoms with Gasteiger partial charge in [0.05, 0.1) is 17.4 Å². The van der Waals surface area contributed by atoms with Crippen LogP contribution in [0.1, 0.15) is 102 Å². The van der Waals surface area contributed by atoms with E-state index in [2.05, 4.69) is 39.8 Å². The van der Waals surface area contributed by atoms with Crippen molar-refractivity contribution < 1.29 is 20.1 Å². The van der Waals surface area contributed by atoms with Gasteiger partial charge in [-0.25, -0.2) is 0 Å². The van der Waals surface area contributed by atoms with Gasteiger partial charge in [0.1, 0.15) is 0 Å². The molecular weight excluding hydrogens is 438 g/mol. The lowest BCUT2D eigenvalue weighted by Crippen LogP contribution is -2.62. The Labute approximate surface area is 208 Å². The Morgan fingerprint density at radius 1 is 1.03 bits per heavy atom. The van der Waals surface area contributed by atoms with E-state index in [4.69, 9.17) is 0 Å². The number of nitrogens with zero attached hydrogens (tertiary/aromatic N) is 1. The first-order valence-corrected chi connectivity index (χ1v) is 13.1. The minimum absolute atomic E-state index is 0.0893. The van der Waals surface area contributed by atoms with Gasteiger partial charge >= 0.3 is 5.97 Å². The van der Waals surface area contributed by atoms with Gasteiger partial charge in [-0.2, -0.15) is 5.26 Å². The van der Waals surface area contributed by atoms with Crippen LogP contribution in [0.25, 0.3) is 0 Å². The summed E-state index contributed by atoms with van der Waals surface area (Å²) in [6.45, 7) is 13.1. The van der Waals surface area contributed by atoms with E-state index in [9.17, 15) is 25.4 Å². The van der Waals surface area contributed by atoms with Gasteiger partial charge in [0.2, 0.25) is 0 Å². The maximum atomic E-state index is 12.3. The molecule has 0 amide bonds. The Kier molecular flexibility index (Phi) is 4.88. The summed E-state index contributed by atoms with van der Waals surface area (Å²) >= 11 is 0. The summed E-state index contributed by atoms with van der Waals surface area (Å²) in [7, 11) is 0. The van der Waals surface area contributed by atoms with E-state index >= 15 is 0 Å². The second-order valence-electron chi connectivity index (χ2n) is 13.4. The smallest absolute Gasteiger partial charge is 0.309 e. The summed E-state index contributed by atoms with van der Waals surface area (Å²) in [6.07, 6.45) is 8.43. The van der Waals surface area contributed by atoms with Gasteiger partial charge in [0, 0.05) is 5.41 Å². The third-order valence-corrected chi connectivity index (χ3v) is 11.8. The first kappa shape index (κ1) is 24.2. The van der Waals surface area contributed by atoms with E-state index in [-0.39, 0.29) is 39.1 Å². The molecule has 7 unspecified atom stereocenters. The normalized spacial score (nSPS) is 44.1. The number of carboxylic acid groups (broad SMARTS) is 1. The fraction of sp³-hybridized carbons (Fsp3) is 0.667. The lowest BCUT2D eigenvalue weighted by Gasteiger charge is -2.70. The topological polar surface area (TPSA) is 102 Å². The van der Waals surface area contributed by atoms with Gasteiger partial charge in [0.25, 0.3) is 0 Å². The molecule has 3 fully saturated rings. The number of aromatic hydroxyl groups is 2. The number of carboxylic acids is 1. The second kappa shape index (κ2) is 7.05. The highest BCUT2D eigenvalue weighted by Gasteiger charge is 2.67. The predicted octanol–water partition coefficient (Wildman–Crippen LogP) is 6.71. The van der Waals surface area contributed by atoms with E-state index < -0.39 is 17.3 Å². The van der Waals surface area contributed by atoms with Gasteiger partial charge < -0.3 is 15.3 Å². The van der Waals surface area contributed by atoms with E-state index in [0.717, 1.165) is 49.7 Å². The molecule has 1 aromatic carbocycles. The number of allylic oxidation sites excluding steroid dienone is 2. The number of benzene rings is 1. The zero-order valence-electron chi connectivity index (χ0n) is 22.0. The van der Waals surface area contributed by atoms with Crippen LogP contribution in [-0.2, 0) is 10.2 Å². The largest absolute Gasteiger partial charge is 0.504 e. The van der Waals surface area contributed by atoms with Crippen molar-refractivity contribution in [1.82, 2.24) is 0 Å². The third-order valence-electron chi connectivity index (χ3n) is 11.8. The van der Waals surface area contributed by atoms with Crippen LogP contribution < -0.4 is 0 Å². The number of carbonyl (C=O) groups is 1. The molecule has 4 aliphatic rings. The molecule has 5 rings (SSSR count). The van der Waals surface area contributed by atoms with Crippen molar-refractivity contribution in [3.8, 4) is 17.6 Å². The first-order chi connectivity index (χ1) is 16.2. The molecule has 5 heteroatoms. The second-order valence-corrected chi connectivity index (χ2v) is 13.4. The molecule has 0 bridgehead atoms. The highest BCUT2D eigenvalue weighted by Crippen LogP contribution is 2.75. The molecule has 5 nitrogen and oxygen atoms in total. The highest BCUT2D eigenvalue weighted by atomic mass is 16.4. The zero-order valence-corrected chi connectivity index (χ0v) is 22.0. The fourth-order valence-corrected chi connectivity index (χ4v) is 9.04. The molecule has 35 heavy (non-hydrogen) atoms. The monoisotopic (exact) mass is 477 g/mol. The fourth-order valence-electron chi connectivity index (χ4n) is 9.04. The molecule has 4 aliphatic carbocycles. The van der Waals surface area contributed by atoms with Gasteiger partial charge in [-0.05, 0) is 104 Å². The quantitative estimate of drug-likeness (QED) is 0.308. The molecule has 3 saturated carbocycles. The molecule has 0 heterocycles. The molecule has 7 atom stereocenters. The van der Waals surface area contributed by atoms with Crippen molar-refractivity contribution in [1.29, 1.82) is 5.26 Å². The summed E-state index contributed by atoms with van der Waals surface area (Å²) in [5, 5.41) is 41.3. The van der Waals surface area contributed by atoms with Crippen LogP contribution in [0.2, 0.25) is 0 Å². The lowest BCUT2D eigenvalue weighted by molar-refractivity contribution is -0.177. The van der Waals surface area contributed by atoms with Gasteiger partial charge in [-0.1, -0.05) is 39.3 Å². The lowest BCUT2D eigenvalue weighted by atomic mass is 9.34. The van der Waals surface area contributed by atoms with Crippen molar-refractivity contribution in [3.05, 3.63) is 34.4 Å². The number of nitriles is 1. The number of phenolic OH excluding ortho intramolecular Hbond substituents is 2. The molecule has 0 spiro atoms. The minimum atomic E-state index is -0.699. The highest BCUT2D eigenvalue weighted by molar-refractivity contribution is 5.74. The Hall–Kier alpha value is -2.48. The Morgan fingerprint density at radius 2 is 1.69 bits per heavy atom. The number of hydrogen-bond acceptors (Lipinski definition) is 4. The molecular formula is C30H39NO4. The number of phenols is 2. The van der Waals surface area contributed by atoms with E-state index in [1.165, 1.54) is 5.57 Å². The van der Waals surface area contributed by atoms with E-state index in [1.54, 1.807) is 13.0 Å². The van der Waals surface area contributed by atoms with Crippen LogP contribution in [0.4, 0.5) is 0 Å². The van der Waals surface area contributed by atoms with Crippen LogP contribution in [0, 0.1) is 45.8 Å². The van der Waals surface area contributed by atoms with Crippen LogP contribution in [0.3, 0.4) is 0 Å². The number of fused-ring (bicyclic) bond motifs is 7. The standard InChI is InChI=1S/C30H39NO4/c1-17-23-18(16-31)13-21-28(4,19(23)14-20(32)24(17)33)10-12-30(6)22-15-27(3,25(34)35)8-7-26(22,2)9-11-29(21,30)5/h13-14,18,22,32-33H,7-12,15H2,1-6H3,(H,34,35). The van der Waals surface area contributed by atoms with Gasteiger partial charge in [0.15, 0.2) is 11.5 Å². The summed E-state index contributed by atoms with van der Waals surface area (Å²) in [4.78, 5) is 12.3. The zero-order chi connectivity index (χ0) is 25.8. The van der Waals surface area contributed by atoms with Crippen LogP contribution in [0.5, 0.6) is 11.5 Å². The van der Waals surface area contributed by atoms with Crippen molar-refractivity contribution in [3.63, 3.8) is 0 Å². The maximum Gasteiger partial charge on any atom is 0.309 e. The molecule has 0 aromatic heterocycles. The predicted molar refractivity (Wildman–Crippen MR) is 134 cm³/mol. The summed E-state index contributed by atoms with van der Waals surface area (Å²) in [5.74, 6) is -1.15. The number of rotatable bonds is 1. The molecule has 0 aliphatic heterocycles. The Balaban J connectivity index is 1.69. The van der Waals surface area contributed by atoms with Crippen molar-refractivity contribution in [2.24, 2.45) is 27.6 Å². The van der Waals surface area contributed by atoms with Crippen molar-refractivity contribution in [2.45, 2.75) is 97.8 Å². The summed E-state index contributed by atoms with van der Waals surface area (Å²) < 4.78 is 0. The molecule has 1 aromatic rings.